The molecule has 0 saturated heterocycles. The number of benzene rings is 3. The summed E-state index contributed by atoms with van der Waals surface area (Å²) in [4.78, 5) is 23.8. The van der Waals surface area contributed by atoms with E-state index in [1.54, 1.807) is 30.3 Å². The zero-order valence-electron chi connectivity index (χ0n) is 16.4. The molecule has 5 aromatic rings. The van der Waals surface area contributed by atoms with Crippen molar-refractivity contribution in [3.05, 3.63) is 98.9 Å². The number of nitro benzene ring substituents is 1. The van der Waals surface area contributed by atoms with Gasteiger partial charge in [0, 0.05) is 17.8 Å². The molecule has 1 N–H and O–H groups in total. The van der Waals surface area contributed by atoms with E-state index in [9.17, 15) is 14.9 Å². The topological polar surface area (TPSA) is 98.5 Å². The number of rotatable bonds is 4. The van der Waals surface area contributed by atoms with Crippen LogP contribution in [0.4, 0.5) is 17.3 Å². The van der Waals surface area contributed by atoms with Gasteiger partial charge >= 0.3 is 5.63 Å². The molecule has 152 valence electrons. The van der Waals surface area contributed by atoms with Crippen LogP contribution >= 0.6 is 0 Å². The van der Waals surface area contributed by atoms with Crippen LogP contribution in [0.25, 0.3) is 33.1 Å². The van der Waals surface area contributed by atoms with Crippen LogP contribution in [0.1, 0.15) is 5.56 Å². The van der Waals surface area contributed by atoms with Crippen LogP contribution in [0.3, 0.4) is 0 Å². The Morgan fingerprint density at radius 3 is 2.52 bits per heavy atom. The molecule has 2 heterocycles. The third-order valence-electron chi connectivity index (χ3n) is 5.19. The number of furan rings is 1. The molecule has 0 aliphatic rings. The van der Waals surface area contributed by atoms with Crippen molar-refractivity contribution in [2.45, 2.75) is 6.92 Å². The Labute approximate surface area is 175 Å². The molecule has 7 nitrogen and oxygen atoms in total. The monoisotopic (exact) mass is 412 g/mol. The highest BCUT2D eigenvalue weighted by molar-refractivity contribution is 6.10. The average Bonchev–Trinajstić information content (AvgIpc) is 3.15. The number of fused-ring (bicyclic) bond motifs is 3. The lowest BCUT2D eigenvalue weighted by Gasteiger charge is -2.09. The van der Waals surface area contributed by atoms with Crippen LogP contribution in [-0.4, -0.2) is 4.92 Å². The van der Waals surface area contributed by atoms with Crippen molar-refractivity contribution in [3.63, 3.8) is 0 Å². The highest BCUT2D eigenvalue weighted by Crippen LogP contribution is 2.41. The smallest absolute Gasteiger partial charge is 0.348 e. The average molecular weight is 412 g/mol. The molecule has 0 amide bonds. The van der Waals surface area contributed by atoms with Gasteiger partial charge in [-0.25, -0.2) is 4.79 Å². The Morgan fingerprint density at radius 1 is 0.935 bits per heavy atom. The van der Waals surface area contributed by atoms with E-state index in [-0.39, 0.29) is 11.1 Å². The fraction of sp³-hybridized carbons (Fsp3) is 0.0417. The number of nitrogens with one attached hydrogen (secondary N) is 1. The molecular weight excluding hydrogens is 396 g/mol. The lowest BCUT2D eigenvalue weighted by Crippen LogP contribution is -2.00. The number of para-hydroxylation sites is 2. The maximum Gasteiger partial charge on any atom is 0.348 e. The summed E-state index contributed by atoms with van der Waals surface area (Å²) in [6.07, 6.45) is 0. The van der Waals surface area contributed by atoms with Gasteiger partial charge in [-0.2, -0.15) is 0 Å². The van der Waals surface area contributed by atoms with Crippen LogP contribution in [0.2, 0.25) is 0 Å². The Balaban J connectivity index is 1.86. The van der Waals surface area contributed by atoms with Gasteiger partial charge in [0.25, 0.3) is 5.69 Å². The molecule has 0 bridgehead atoms. The molecule has 0 fully saturated rings. The third kappa shape index (κ3) is 3.12. The predicted octanol–water partition coefficient (Wildman–Crippen LogP) is 6.17. The molecule has 0 aliphatic carbocycles. The van der Waals surface area contributed by atoms with E-state index < -0.39 is 10.5 Å². The highest BCUT2D eigenvalue weighted by atomic mass is 16.6. The normalized spacial score (nSPS) is 11.1. The van der Waals surface area contributed by atoms with Gasteiger partial charge in [0.1, 0.15) is 11.0 Å². The number of hydrogen-bond acceptors (Lipinski definition) is 6. The molecule has 0 radical (unpaired) electrons. The van der Waals surface area contributed by atoms with Gasteiger partial charge in [0.15, 0.2) is 5.58 Å². The van der Waals surface area contributed by atoms with E-state index in [0.29, 0.717) is 33.6 Å². The number of non-ortho nitro benzene ring substituents is 1. The summed E-state index contributed by atoms with van der Waals surface area (Å²) in [6.45, 7) is 1.95. The SMILES string of the molecule is Cc1ccccc1Nc1oc2c(c1-c1cccc([N+](=O)[O-])c1)c(=O)oc1ccccc12. The van der Waals surface area contributed by atoms with Gasteiger partial charge in [-0.1, -0.05) is 42.5 Å². The number of nitro groups is 1. The first kappa shape index (κ1) is 18.6. The fourth-order valence-corrected chi connectivity index (χ4v) is 3.68. The van der Waals surface area contributed by atoms with Crippen LogP contribution in [0, 0.1) is 17.0 Å². The second kappa shape index (κ2) is 7.14. The zero-order chi connectivity index (χ0) is 21.5. The second-order valence-corrected chi connectivity index (χ2v) is 7.14. The van der Waals surface area contributed by atoms with E-state index in [1.807, 2.05) is 37.3 Å². The van der Waals surface area contributed by atoms with Gasteiger partial charge in [0.2, 0.25) is 5.88 Å². The van der Waals surface area contributed by atoms with Crippen LogP contribution in [0.15, 0.2) is 86.4 Å². The van der Waals surface area contributed by atoms with Crippen LogP contribution in [0.5, 0.6) is 0 Å². The minimum atomic E-state index is -0.572. The lowest BCUT2D eigenvalue weighted by atomic mass is 10.0. The highest BCUT2D eigenvalue weighted by Gasteiger charge is 2.24. The first-order valence-corrected chi connectivity index (χ1v) is 9.59. The van der Waals surface area contributed by atoms with Crippen LogP contribution in [-0.2, 0) is 0 Å². The molecule has 0 aliphatic heterocycles. The molecule has 2 aromatic heterocycles. The first-order valence-electron chi connectivity index (χ1n) is 9.59. The second-order valence-electron chi connectivity index (χ2n) is 7.14. The fourth-order valence-electron chi connectivity index (χ4n) is 3.68. The Bertz CT molecular complexity index is 1530. The van der Waals surface area contributed by atoms with Crippen molar-refractivity contribution in [2.24, 2.45) is 0 Å². The minimum absolute atomic E-state index is 0.0844. The van der Waals surface area contributed by atoms with Gasteiger partial charge in [-0.05, 0) is 36.2 Å². The number of hydrogen-bond donors (Lipinski definition) is 1. The molecule has 5 rings (SSSR count). The molecular formula is C24H16N2O5. The van der Waals surface area contributed by atoms with Gasteiger partial charge < -0.3 is 14.2 Å². The number of aryl methyl sites for hydroxylation is 1. The molecule has 0 atom stereocenters. The molecule has 0 saturated carbocycles. The first-order chi connectivity index (χ1) is 15.0. The van der Waals surface area contributed by atoms with Crippen molar-refractivity contribution >= 4 is 39.2 Å². The van der Waals surface area contributed by atoms with Gasteiger partial charge in [-0.3, -0.25) is 10.1 Å². The predicted molar refractivity (Wildman–Crippen MR) is 119 cm³/mol. The van der Waals surface area contributed by atoms with E-state index in [2.05, 4.69) is 5.32 Å². The quantitative estimate of drug-likeness (QED) is 0.215. The molecule has 31 heavy (non-hydrogen) atoms. The lowest BCUT2D eigenvalue weighted by molar-refractivity contribution is -0.384. The van der Waals surface area contributed by atoms with Crippen molar-refractivity contribution in [3.8, 4) is 11.1 Å². The van der Waals surface area contributed by atoms with E-state index in [0.717, 1.165) is 11.3 Å². The van der Waals surface area contributed by atoms with Crippen molar-refractivity contribution in [1.29, 1.82) is 0 Å². The van der Waals surface area contributed by atoms with E-state index in [4.69, 9.17) is 8.83 Å². The Kier molecular flexibility index (Phi) is 4.29. The summed E-state index contributed by atoms with van der Waals surface area (Å²) in [7, 11) is 0. The molecule has 3 aromatic carbocycles. The summed E-state index contributed by atoms with van der Waals surface area (Å²) in [5.74, 6) is 0.313. The van der Waals surface area contributed by atoms with Crippen molar-refractivity contribution in [1.82, 2.24) is 0 Å². The molecule has 7 heteroatoms. The minimum Gasteiger partial charge on any atom is -0.439 e. The molecule has 0 spiro atoms. The Hall–Kier alpha value is -4.39. The largest absolute Gasteiger partial charge is 0.439 e. The molecule has 0 unspecified atom stereocenters. The van der Waals surface area contributed by atoms with Gasteiger partial charge in [0.05, 0.1) is 15.9 Å². The van der Waals surface area contributed by atoms with Crippen molar-refractivity contribution in [2.75, 3.05) is 5.32 Å². The third-order valence-corrected chi connectivity index (χ3v) is 5.19. The Morgan fingerprint density at radius 2 is 1.71 bits per heavy atom. The van der Waals surface area contributed by atoms with Gasteiger partial charge in [-0.15, -0.1) is 0 Å². The van der Waals surface area contributed by atoms with E-state index >= 15 is 0 Å². The summed E-state index contributed by atoms with van der Waals surface area (Å²) >= 11 is 0. The summed E-state index contributed by atoms with van der Waals surface area (Å²) < 4.78 is 11.7. The van der Waals surface area contributed by atoms with Crippen molar-refractivity contribution < 1.29 is 13.8 Å². The summed E-state index contributed by atoms with van der Waals surface area (Å²) in [6, 6.07) is 20.8. The maximum absolute atomic E-state index is 13.0. The summed E-state index contributed by atoms with van der Waals surface area (Å²) in [5, 5.41) is 15.5. The maximum atomic E-state index is 13.0. The summed E-state index contributed by atoms with van der Waals surface area (Å²) in [5.41, 5.74) is 2.78. The zero-order valence-corrected chi connectivity index (χ0v) is 16.4. The number of nitrogens with zero attached hydrogens (tertiary/aromatic N) is 1. The number of anilines is 2. The van der Waals surface area contributed by atoms with E-state index in [1.165, 1.54) is 12.1 Å². The van der Waals surface area contributed by atoms with Crippen LogP contribution < -0.4 is 10.9 Å². The standard InChI is InChI=1S/C24H16N2O5/c1-14-7-2-4-11-18(14)25-23-20(15-8-6-9-16(13-15)26(28)29)21-22(31-23)17-10-3-5-12-19(17)30-24(21)27/h2-13,25H,1H3.